The minimum atomic E-state index is -0.481. The van der Waals surface area contributed by atoms with Gasteiger partial charge >= 0.3 is 6.09 Å². The first kappa shape index (κ1) is 21.7. The molecule has 0 unspecified atom stereocenters. The molecule has 0 aromatic heterocycles. The first-order valence-corrected chi connectivity index (χ1v) is 10.6. The van der Waals surface area contributed by atoms with E-state index < -0.39 is 6.09 Å². The summed E-state index contributed by atoms with van der Waals surface area (Å²) in [5, 5.41) is 9.53. The summed E-state index contributed by atoms with van der Waals surface area (Å²) in [5.74, 6) is 1.28. The Bertz CT molecular complexity index is 1050. The molecule has 1 N–H and O–H groups in total. The Morgan fingerprint density at radius 2 is 1.59 bits per heavy atom. The largest absolute Gasteiger partial charge is 0.497 e. The summed E-state index contributed by atoms with van der Waals surface area (Å²) in [6.07, 6.45) is -0.481. The van der Waals surface area contributed by atoms with Gasteiger partial charge in [-0.25, -0.2) is 4.79 Å². The number of hydrogen-bond donors (Lipinski definition) is 1. The molecule has 166 valence electrons. The summed E-state index contributed by atoms with van der Waals surface area (Å²) in [6.45, 7) is 0.440. The molecule has 1 aliphatic rings. The van der Waals surface area contributed by atoms with E-state index in [9.17, 15) is 9.90 Å². The summed E-state index contributed by atoms with van der Waals surface area (Å²) in [6, 6.07) is 21.8. The number of amides is 1. The van der Waals surface area contributed by atoms with Crippen LogP contribution in [-0.2, 0) is 11.3 Å². The van der Waals surface area contributed by atoms with Crippen LogP contribution in [0.3, 0.4) is 0 Å². The van der Waals surface area contributed by atoms with Gasteiger partial charge in [0.1, 0.15) is 18.1 Å². The predicted octanol–water partition coefficient (Wildman–Crippen LogP) is 4.45. The van der Waals surface area contributed by atoms with Crippen molar-refractivity contribution in [3.63, 3.8) is 0 Å². The number of fused-ring (bicyclic) bond motifs is 3. The van der Waals surface area contributed by atoms with Crippen LogP contribution in [0.25, 0.3) is 11.1 Å². The SMILES string of the molecule is COc1ccc(OC)c(CN(CCO)C(=O)OCC2c3ccccc3-c3ccccc32)c1. The van der Waals surface area contributed by atoms with E-state index in [0.717, 1.165) is 16.7 Å². The lowest BCUT2D eigenvalue weighted by Gasteiger charge is -2.24. The van der Waals surface area contributed by atoms with E-state index in [1.54, 1.807) is 26.4 Å². The van der Waals surface area contributed by atoms with Crippen molar-refractivity contribution in [3.05, 3.63) is 83.4 Å². The average Bonchev–Trinajstić information content (AvgIpc) is 3.16. The maximum atomic E-state index is 13.0. The molecule has 1 amide bonds. The molecule has 3 aromatic rings. The number of rotatable bonds is 8. The number of methoxy groups -OCH3 is 2. The van der Waals surface area contributed by atoms with E-state index in [1.807, 2.05) is 30.3 Å². The van der Waals surface area contributed by atoms with E-state index >= 15 is 0 Å². The average molecular weight is 434 g/mol. The Labute approximate surface area is 188 Å². The number of nitrogens with zero attached hydrogens (tertiary/aromatic N) is 1. The van der Waals surface area contributed by atoms with Crippen LogP contribution >= 0.6 is 0 Å². The molecule has 4 rings (SSSR count). The highest BCUT2D eigenvalue weighted by Crippen LogP contribution is 2.44. The minimum absolute atomic E-state index is 0.0197. The van der Waals surface area contributed by atoms with Gasteiger partial charge in [-0.1, -0.05) is 48.5 Å². The van der Waals surface area contributed by atoms with Crippen molar-refractivity contribution in [1.29, 1.82) is 0 Å². The number of hydrogen-bond acceptors (Lipinski definition) is 5. The second kappa shape index (κ2) is 9.75. The van der Waals surface area contributed by atoms with Gasteiger partial charge in [-0.2, -0.15) is 0 Å². The first-order chi connectivity index (χ1) is 15.7. The minimum Gasteiger partial charge on any atom is -0.497 e. The maximum Gasteiger partial charge on any atom is 0.410 e. The van der Waals surface area contributed by atoms with Crippen molar-refractivity contribution in [2.45, 2.75) is 12.5 Å². The van der Waals surface area contributed by atoms with Crippen LogP contribution in [0, 0.1) is 0 Å². The Balaban J connectivity index is 1.51. The smallest absolute Gasteiger partial charge is 0.410 e. The number of carbonyl (C=O) groups is 1. The normalized spacial score (nSPS) is 12.1. The van der Waals surface area contributed by atoms with Crippen LogP contribution in [0.2, 0.25) is 0 Å². The van der Waals surface area contributed by atoms with Crippen LogP contribution in [0.5, 0.6) is 11.5 Å². The fourth-order valence-corrected chi connectivity index (χ4v) is 4.25. The van der Waals surface area contributed by atoms with Crippen LogP contribution in [0.15, 0.2) is 66.7 Å². The molecule has 6 heteroatoms. The van der Waals surface area contributed by atoms with Gasteiger partial charge in [0.2, 0.25) is 0 Å². The molecule has 0 saturated carbocycles. The van der Waals surface area contributed by atoms with Crippen molar-refractivity contribution in [3.8, 4) is 22.6 Å². The molecule has 0 spiro atoms. The highest BCUT2D eigenvalue weighted by molar-refractivity contribution is 5.79. The molecular formula is C26H27NO5. The number of carbonyl (C=O) groups excluding carboxylic acids is 1. The second-order valence-corrected chi connectivity index (χ2v) is 7.63. The number of aliphatic hydroxyl groups is 1. The lowest BCUT2D eigenvalue weighted by atomic mass is 9.98. The van der Waals surface area contributed by atoms with Crippen LogP contribution < -0.4 is 9.47 Å². The quantitative estimate of drug-likeness (QED) is 0.569. The van der Waals surface area contributed by atoms with Crippen molar-refractivity contribution < 1.29 is 24.1 Å². The van der Waals surface area contributed by atoms with Gasteiger partial charge in [0.15, 0.2) is 0 Å². The Morgan fingerprint density at radius 1 is 0.938 bits per heavy atom. The van der Waals surface area contributed by atoms with E-state index in [1.165, 1.54) is 16.0 Å². The topological polar surface area (TPSA) is 68.2 Å². The standard InChI is InChI=1S/C26H27NO5/c1-30-19-11-12-25(31-2)18(15-19)16-27(13-14-28)26(29)32-17-24-22-9-5-3-7-20(22)21-8-4-6-10-23(21)24/h3-12,15,24,28H,13-14,16-17H2,1-2H3. The molecule has 1 aliphatic carbocycles. The molecule has 3 aromatic carbocycles. The molecule has 0 saturated heterocycles. The zero-order valence-corrected chi connectivity index (χ0v) is 18.3. The molecule has 0 radical (unpaired) electrons. The summed E-state index contributed by atoms with van der Waals surface area (Å²) in [7, 11) is 3.16. The Morgan fingerprint density at radius 3 is 2.19 bits per heavy atom. The van der Waals surface area contributed by atoms with Gasteiger partial charge in [0.25, 0.3) is 0 Å². The molecule has 0 aliphatic heterocycles. The summed E-state index contributed by atoms with van der Waals surface area (Å²) in [4.78, 5) is 14.5. The van der Waals surface area contributed by atoms with Gasteiger partial charge < -0.3 is 24.2 Å². The molecule has 0 bridgehead atoms. The number of aliphatic hydroxyl groups excluding tert-OH is 1. The Hall–Kier alpha value is -3.51. The Kier molecular flexibility index (Phi) is 6.61. The molecule has 0 fully saturated rings. The van der Waals surface area contributed by atoms with Crippen LogP contribution in [0.1, 0.15) is 22.6 Å². The van der Waals surface area contributed by atoms with Crippen molar-refractivity contribution in [2.75, 3.05) is 34.0 Å². The number of benzene rings is 3. The highest BCUT2D eigenvalue weighted by atomic mass is 16.6. The molecule has 32 heavy (non-hydrogen) atoms. The van der Waals surface area contributed by atoms with Gasteiger partial charge in [-0.05, 0) is 40.5 Å². The van der Waals surface area contributed by atoms with Crippen molar-refractivity contribution >= 4 is 6.09 Å². The van der Waals surface area contributed by atoms with Gasteiger partial charge in [0.05, 0.1) is 27.4 Å². The van der Waals surface area contributed by atoms with Gasteiger partial charge in [-0.15, -0.1) is 0 Å². The predicted molar refractivity (Wildman–Crippen MR) is 122 cm³/mol. The number of ether oxygens (including phenoxy) is 3. The van der Waals surface area contributed by atoms with Gasteiger partial charge in [0, 0.05) is 18.0 Å². The van der Waals surface area contributed by atoms with Crippen molar-refractivity contribution in [1.82, 2.24) is 4.90 Å². The molecule has 6 nitrogen and oxygen atoms in total. The zero-order chi connectivity index (χ0) is 22.5. The lowest BCUT2D eigenvalue weighted by Crippen LogP contribution is -2.34. The summed E-state index contributed by atoms with van der Waals surface area (Å²) < 4.78 is 16.5. The second-order valence-electron chi connectivity index (χ2n) is 7.63. The molecular weight excluding hydrogens is 406 g/mol. The van der Waals surface area contributed by atoms with Crippen LogP contribution in [-0.4, -0.2) is 50.1 Å². The van der Waals surface area contributed by atoms with E-state index in [-0.39, 0.29) is 32.2 Å². The highest BCUT2D eigenvalue weighted by Gasteiger charge is 2.29. The lowest BCUT2D eigenvalue weighted by molar-refractivity contribution is 0.0888. The zero-order valence-electron chi connectivity index (χ0n) is 18.3. The van der Waals surface area contributed by atoms with Crippen molar-refractivity contribution in [2.24, 2.45) is 0 Å². The van der Waals surface area contributed by atoms with E-state index in [4.69, 9.17) is 14.2 Å². The third kappa shape index (κ3) is 4.27. The third-order valence-corrected chi connectivity index (χ3v) is 5.81. The fourth-order valence-electron chi connectivity index (χ4n) is 4.25. The summed E-state index contributed by atoms with van der Waals surface area (Å²) in [5.41, 5.74) is 5.44. The van der Waals surface area contributed by atoms with E-state index in [2.05, 4.69) is 24.3 Å². The van der Waals surface area contributed by atoms with E-state index in [0.29, 0.717) is 11.5 Å². The van der Waals surface area contributed by atoms with Gasteiger partial charge in [-0.3, -0.25) is 0 Å². The third-order valence-electron chi connectivity index (χ3n) is 5.81. The first-order valence-electron chi connectivity index (χ1n) is 10.6. The molecule has 0 heterocycles. The monoisotopic (exact) mass is 433 g/mol. The molecule has 0 atom stereocenters. The fraction of sp³-hybridized carbons (Fsp3) is 0.269. The maximum absolute atomic E-state index is 13.0. The summed E-state index contributed by atoms with van der Waals surface area (Å²) >= 11 is 0. The van der Waals surface area contributed by atoms with Crippen LogP contribution in [0.4, 0.5) is 4.79 Å².